The highest BCUT2D eigenvalue weighted by molar-refractivity contribution is 6.35. The predicted octanol–water partition coefficient (Wildman–Crippen LogP) is 5.23. The Hall–Kier alpha value is -2.01. The molecule has 130 valence electrons. The minimum atomic E-state index is -0.964. The molecule has 0 bridgehead atoms. The Kier molecular flexibility index (Phi) is 6.88. The van der Waals surface area contributed by atoms with Crippen molar-refractivity contribution in [2.24, 2.45) is 0 Å². The van der Waals surface area contributed by atoms with Crippen LogP contribution < -0.4 is 5.32 Å². The summed E-state index contributed by atoms with van der Waals surface area (Å²) in [5.74, 6) is -1.11. The second-order valence-electron chi connectivity index (χ2n) is 5.07. The van der Waals surface area contributed by atoms with Gasteiger partial charge >= 0.3 is 5.97 Å². The van der Waals surface area contributed by atoms with Gasteiger partial charge in [-0.2, -0.15) is 0 Å². The quantitative estimate of drug-likeness (QED) is 0.554. The normalized spacial score (nSPS) is 12.0. The molecule has 1 amide bonds. The summed E-state index contributed by atoms with van der Waals surface area (Å²) in [7, 11) is 0. The van der Waals surface area contributed by atoms with Crippen molar-refractivity contribution in [2.75, 3.05) is 5.32 Å². The van der Waals surface area contributed by atoms with Crippen molar-refractivity contribution in [1.29, 1.82) is 0 Å². The van der Waals surface area contributed by atoms with Crippen LogP contribution in [0.1, 0.15) is 12.5 Å². The molecule has 1 atom stereocenters. The zero-order valence-electron chi connectivity index (χ0n) is 13.1. The summed E-state index contributed by atoms with van der Waals surface area (Å²) in [6.45, 7) is 1.48. The lowest BCUT2D eigenvalue weighted by Crippen LogP contribution is -2.29. The van der Waals surface area contributed by atoms with Crippen LogP contribution in [0.5, 0.6) is 0 Å². The van der Waals surface area contributed by atoms with Crippen LogP contribution in [-0.2, 0) is 14.3 Å². The number of hydrogen-bond donors (Lipinski definition) is 1. The maximum absolute atomic E-state index is 12.0. The molecule has 0 fully saturated rings. The molecule has 0 heterocycles. The van der Waals surface area contributed by atoms with Gasteiger partial charge < -0.3 is 10.1 Å². The predicted molar refractivity (Wildman–Crippen MR) is 101 cm³/mol. The van der Waals surface area contributed by atoms with E-state index < -0.39 is 18.0 Å². The molecule has 0 saturated carbocycles. The Labute approximate surface area is 160 Å². The van der Waals surface area contributed by atoms with Crippen LogP contribution in [0.15, 0.2) is 48.5 Å². The average Bonchev–Trinajstić information content (AvgIpc) is 2.56. The minimum Gasteiger partial charge on any atom is -0.449 e. The number of benzene rings is 2. The number of nitrogens with one attached hydrogen (secondary N) is 1. The summed E-state index contributed by atoms with van der Waals surface area (Å²) < 4.78 is 5.06. The number of ether oxygens (including phenoxy) is 1. The monoisotopic (exact) mass is 397 g/mol. The molecular weight excluding hydrogens is 385 g/mol. The fourth-order valence-electron chi connectivity index (χ4n) is 1.84. The number of anilines is 1. The first-order valence-electron chi connectivity index (χ1n) is 7.25. The number of rotatable bonds is 5. The highest BCUT2D eigenvalue weighted by Gasteiger charge is 2.16. The van der Waals surface area contributed by atoms with E-state index in [1.54, 1.807) is 42.5 Å². The average molecular weight is 399 g/mol. The third-order valence-corrected chi connectivity index (χ3v) is 3.95. The van der Waals surface area contributed by atoms with E-state index in [9.17, 15) is 9.59 Å². The van der Waals surface area contributed by atoms with E-state index in [2.05, 4.69) is 5.32 Å². The first-order valence-corrected chi connectivity index (χ1v) is 8.39. The maximum Gasteiger partial charge on any atom is 0.331 e. The summed E-state index contributed by atoms with van der Waals surface area (Å²) in [4.78, 5) is 23.8. The largest absolute Gasteiger partial charge is 0.449 e. The highest BCUT2D eigenvalue weighted by atomic mass is 35.5. The van der Waals surface area contributed by atoms with E-state index in [0.717, 1.165) is 0 Å². The van der Waals surface area contributed by atoms with Crippen molar-refractivity contribution in [1.82, 2.24) is 0 Å². The van der Waals surface area contributed by atoms with Gasteiger partial charge in [-0.25, -0.2) is 4.79 Å². The van der Waals surface area contributed by atoms with Crippen molar-refractivity contribution in [3.05, 3.63) is 69.2 Å². The van der Waals surface area contributed by atoms with Gasteiger partial charge in [0.1, 0.15) is 0 Å². The fourth-order valence-corrected chi connectivity index (χ4v) is 2.44. The topological polar surface area (TPSA) is 55.4 Å². The van der Waals surface area contributed by atoms with Crippen molar-refractivity contribution in [3.63, 3.8) is 0 Å². The van der Waals surface area contributed by atoms with Gasteiger partial charge in [-0.05, 0) is 55.0 Å². The van der Waals surface area contributed by atoms with E-state index in [1.165, 1.54) is 19.1 Å². The number of hydrogen-bond acceptors (Lipinski definition) is 3. The van der Waals surface area contributed by atoms with Gasteiger partial charge in [0.25, 0.3) is 5.91 Å². The van der Waals surface area contributed by atoms with E-state index in [4.69, 9.17) is 39.5 Å². The molecule has 0 aliphatic carbocycles. The summed E-state index contributed by atoms with van der Waals surface area (Å²) in [5.41, 5.74) is 1.17. The number of halogens is 3. The third-order valence-electron chi connectivity index (χ3n) is 3.14. The van der Waals surface area contributed by atoms with Crippen LogP contribution in [0.25, 0.3) is 6.08 Å². The van der Waals surface area contributed by atoms with Crippen LogP contribution in [0.2, 0.25) is 15.1 Å². The van der Waals surface area contributed by atoms with Gasteiger partial charge in [0.15, 0.2) is 6.10 Å². The van der Waals surface area contributed by atoms with Gasteiger partial charge in [0.2, 0.25) is 0 Å². The Morgan fingerprint density at radius 2 is 1.68 bits per heavy atom. The summed E-state index contributed by atoms with van der Waals surface area (Å²) >= 11 is 17.6. The molecule has 0 saturated heterocycles. The number of carbonyl (C=O) groups excluding carboxylic acids is 2. The van der Waals surface area contributed by atoms with Crippen LogP contribution in [0.4, 0.5) is 5.69 Å². The molecule has 0 spiro atoms. The van der Waals surface area contributed by atoms with E-state index in [-0.39, 0.29) is 0 Å². The summed E-state index contributed by atoms with van der Waals surface area (Å²) in [6, 6.07) is 11.5. The molecule has 4 nitrogen and oxygen atoms in total. The Morgan fingerprint density at radius 3 is 2.32 bits per heavy atom. The van der Waals surface area contributed by atoms with Crippen LogP contribution in [0.3, 0.4) is 0 Å². The SMILES string of the molecule is C[C@H](OC(=O)/C=C/c1ccc(Cl)cc1Cl)C(=O)Nc1ccc(Cl)cc1. The smallest absolute Gasteiger partial charge is 0.331 e. The minimum absolute atomic E-state index is 0.407. The highest BCUT2D eigenvalue weighted by Crippen LogP contribution is 2.22. The molecule has 2 aromatic rings. The Morgan fingerprint density at radius 1 is 1.04 bits per heavy atom. The molecule has 2 rings (SSSR count). The number of carbonyl (C=O) groups is 2. The summed E-state index contributed by atoms with van der Waals surface area (Å²) in [5, 5.41) is 4.09. The van der Waals surface area contributed by atoms with Crippen molar-refractivity contribution >= 4 is 58.4 Å². The molecule has 0 aliphatic heterocycles. The maximum atomic E-state index is 12.0. The Balaban J connectivity index is 1.91. The van der Waals surface area contributed by atoms with Gasteiger partial charge in [0.05, 0.1) is 0 Å². The lowest BCUT2D eigenvalue weighted by atomic mass is 10.2. The second kappa shape index (κ2) is 8.90. The van der Waals surface area contributed by atoms with Gasteiger partial charge in [-0.15, -0.1) is 0 Å². The van der Waals surface area contributed by atoms with Crippen LogP contribution in [-0.4, -0.2) is 18.0 Å². The van der Waals surface area contributed by atoms with E-state index in [1.807, 2.05) is 0 Å². The molecule has 0 unspecified atom stereocenters. The third kappa shape index (κ3) is 6.09. The van der Waals surface area contributed by atoms with Crippen molar-refractivity contribution in [3.8, 4) is 0 Å². The lowest BCUT2D eigenvalue weighted by Gasteiger charge is -2.12. The number of esters is 1. The van der Waals surface area contributed by atoms with Gasteiger partial charge in [0, 0.05) is 26.8 Å². The standard InChI is InChI=1S/C18H14Cl3NO3/c1-11(18(24)22-15-7-5-13(19)6-8-15)25-17(23)9-3-12-2-4-14(20)10-16(12)21/h2-11H,1H3,(H,22,24)/b9-3+/t11-/m0/s1. The van der Waals surface area contributed by atoms with Crippen molar-refractivity contribution in [2.45, 2.75) is 13.0 Å². The molecule has 0 radical (unpaired) electrons. The summed E-state index contributed by atoms with van der Waals surface area (Å²) in [6.07, 6.45) is 1.72. The molecule has 0 aromatic heterocycles. The van der Waals surface area contributed by atoms with E-state index in [0.29, 0.717) is 26.3 Å². The molecule has 1 N–H and O–H groups in total. The second-order valence-corrected chi connectivity index (χ2v) is 6.35. The van der Waals surface area contributed by atoms with E-state index >= 15 is 0 Å². The molecule has 7 heteroatoms. The fraction of sp³-hybridized carbons (Fsp3) is 0.111. The molecular formula is C18H14Cl3NO3. The van der Waals surface area contributed by atoms with Crippen LogP contribution in [0, 0.1) is 0 Å². The lowest BCUT2D eigenvalue weighted by molar-refractivity contribution is -0.148. The first-order chi connectivity index (χ1) is 11.8. The molecule has 2 aromatic carbocycles. The van der Waals surface area contributed by atoms with Gasteiger partial charge in [-0.3, -0.25) is 4.79 Å². The molecule has 0 aliphatic rings. The van der Waals surface area contributed by atoms with Crippen molar-refractivity contribution < 1.29 is 14.3 Å². The number of amides is 1. The molecule has 25 heavy (non-hydrogen) atoms. The zero-order chi connectivity index (χ0) is 18.4. The Bertz CT molecular complexity index is 804. The van der Waals surface area contributed by atoms with Crippen LogP contribution >= 0.6 is 34.8 Å². The van der Waals surface area contributed by atoms with Gasteiger partial charge in [-0.1, -0.05) is 40.9 Å². The first kappa shape index (κ1) is 19.3. The zero-order valence-corrected chi connectivity index (χ0v) is 15.4.